The van der Waals surface area contributed by atoms with Gasteiger partial charge in [0.25, 0.3) is 0 Å². The Labute approximate surface area is 164 Å². The number of aromatic nitrogens is 2. The molecule has 0 amide bonds. The number of halogens is 3. The van der Waals surface area contributed by atoms with Crippen molar-refractivity contribution in [3.05, 3.63) is 79.6 Å². The first-order chi connectivity index (χ1) is 12.5. The van der Waals surface area contributed by atoms with E-state index in [0.717, 1.165) is 0 Å². The van der Waals surface area contributed by atoms with Crippen molar-refractivity contribution in [2.45, 2.75) is 6.54 Å². The van der Waals surface area contributed by atoms with Gasteiger partial charge in [-0.25, -0.2) is 4.68 Å². The molecule has 0 saturated heterocycles. The molecule has 0 bridgehead atoms. The molecule has 26 heavy (non-hydrogen) atoms. The molecule has 5 nitrogen and oxygen atoms in total. The number of ether oxygens (including phenoxy) is 2. The second kappa shape index (κ2) is 7.99. The highest BCUT2D eigenvalue weighted by Crippen LogP contribution is 2.27. The first-order valence-corrected chi connectivity index (χ1v) is 8.63. The number of benzene rings is 2. The maximum absolute atomic E-state index is 12.7. The first kappa shape index (κ1) is 18.6. The summed E-state index contributed by atoms with van der Waals surface area (Å²) in [7, 11) is 1.57. The molecule has 134 valence electrons. The van der Waals surface area contributed by atoms with Gasteiger partial charge >= 0.3 is 5.56 Å². The van der Waals surface area contributed by atoms with Crippen LogP contribution in [0.4, 0.5) is 0 Å². The highest BCUT2D eigenvalue weighted by Gasteiger charge is 2.14. The lowest BCUT2D eigenvalue weighted by Gasteiger charge is -2.11. The van der Waals surface area contributed by atoms with Crippen LogP contribution in [0.15, 0.2) is 53.5 Å². The Balaban J connectivity index is 1.91. The van der Waals surface area contributed by atoms with Crippen LogP contribution in [-0.4, -0.2) is 16.9 Å². The fourth-order valence-electron chi connectivity index (χ4n) is 2.23. The summed E-state index contributed by atoms with van der Waals surface area (Å²) in [5.41, 5.74) is 0.225. The first-order valence-electron chi connectivity index (χ1n) is 7.49. The van der Waals surface area contributed by atoms with E-state index < -0.39 is 5.56 Å². The van der Waals surface area contributed by atoms with Gasteiger partial charge in [0, 0.05) is 10.0 Å². The van der Waals surface area contributed by atoms with Crippen LogP contribution in [0.5, 0.6) is 17.2 Å². The monoisotopic (exact) mass is 410 g/mol. The van der Waals surface area contributed by atoms with Crippen LogP contribution in [0.3, 0.4) is 0 Å². The number of rotatable bonds is 5. The van der Waals surface area contributed by atoms with Crippen molar-refractivity contribution in [3.8, 4) is 17.2 Å². The average Bonchev–Trinajstić information content (AvgIpc) is 2.63. The molecule has 1 aromatic heterocycles. The van der Waals surface area contributed by atoms with Gasteiger partial charge in [-0.15, -0.1) is 0 Å². The Morgan fingerprint density at radius 1 is 1.00 bits per heavy atom. The van der Waals surface area contributed by atoms with Crippen molar-refractivity contribution in [1.82, 2.24) is 9.78 Å². The molecule has 1 heterocycles. The van der Waals surface area contributed by atoms with Crippen molar-refractivity contribution in [1.29, 1.82) is 0 Å². The molecule has 0 aliphatic rings. The number of hydrogen-bond donors (Lipinski definition) is 0. The van der Waals surface area contributed by atoms with E-state index >= 15 is 0 Å². The molecule has 2 aromatic carbocycles. The molecule has 3 rings (SSSR count). The summed E-state index contributed by atoms with van der Waals surface area (Å²) in [5.74, 6) is 1.11. The van der Waals surface area contributed by atoms with Gasteiger partial charge in [-0.05, 0) is 42.0 Å². The van der Waals surface area contributed by atoms with Crippen molar-refractivity contribution in [2.75, 3.05) is 7.11 Å². The van der Waals surface area contributed by atoms with E-state index in [2.05, 4.69) is 5.10 Å². The van der Waals surface area contributed by atoms with E-state index in [-0.39, 0.29) is 17.3 Å². The van der Waals surface area contributed by atoms with E-state index in [1.54, 1.807) is 49.6 Å². The topological polar surface area (TPSA) is 53.4 Å². The van der Waals surface area contributed by atoms with Crippen LogP contribution in [0.2, 0.25) is 15.1 Å². The highest BCUT2D eigenvalue weighted by atomic mass is 35.5. The summed E-state index contributed by atoms with van der Waals surface area (Å²) in [6, 6.07) is 11.8. The average molecular weight is 412 g/mol. The van der Waals surface area contributed by atoms with Gasteiger partial charge in [-0.3, -0.25) is 4.79 Å². The summed E-state index contributed by atoms with van der Waals surface area (Å²) < 4.78 is 12.0. The molecule has 0 atom stereocenters. The second-order valence-electron chi connectivity index (χ2n) is 5.30. The Morgan fingerprint density at radius 2 is 1.69 bits per heavy atom. The highest BCUT2D eigenvalue weighted by molar-refractivity contribution is 6.35. The van der Waals surface area contributed by atoms with Crippen molar-refractivity contribution >= 4 is 34.8 Å². The summed E-state index contributed by atoms with van der Waals surface area (Å²) in [5, 5.41) is 5.12. The Morgan fingerprint density at radius 3 is 2.35 bits per heavy atom. The molecule has 0 unspecified atom stereocenters. The van der Waals surface area contributed by atoms with E-state index in [1.807, 2.05) is 0 Å². The summed E-state index contributed by atoms with van der Waals surface area (Å²) in [4.78, 5) is 12.7. The van der Waals surface area contributed by atoms with Gasteiger partial charge in [-0.2, -0.15) is 5.10 Å². The zero-order chi connectivity index (χ0) is 18.7. The Kier molecular flexibility index (Phi) is 5.71. The molecule has 3 aromatic rings. The number of hydrogen-bond acceptors (Lipinski definition) is 4. The molecule has 0 aliphatic heterocycles. The van der Waals surface area contributed by atoms with Crippen molar-refractivity contribution in [3.63, 3.8) is 0 Å². The minimum Gasteiger partial charge on any atom is -0.497 e. The van der Waals surface area contributed by atoms with Crippen LogP contribution >= 0.6 is 34.8 Å². The molecule has 0 fully saturated rings. The lowest BCUT2D eigenvalue weighted by Crippen LogP contribution is -2.24. The molecular weight excluding hydrogens is 399 g/mol. The van der Waals surface area contributed by atoms with E-state index in [0.29, 0.717) is 27.1 Å². The normalized spacial score (nSPS) is 10.6. The fourth-order valence-corrected chi connectivity index (χ4v) is 2.86. The summed E-state index contributed by atoms with van der Waals surface area (Å²) in [6.45, 7) is 0.158. The zero-order valence-corrected chi connectivity index (χ0v) is 15.8. The largest absolute Gasteiger partial charge is 0.497 e. The van der Waals surface area contributed by atoms with Gasteiger partial charge in [0.2, 0.25) is 5.75 Å². The fraction of sp³-hybridized carbons (Fsp3) is 0.111. The van der Waals surface area contributed by atoms with Gasteiger partial charge in [0.05, 0.1) is 19.9 Å². The molecule has 0 spiro atoms. The quantitative estimate of drug-likeness (QED) is 0.589. The molecule has 0 aliphatic carbocycles. The lowest BCUT2D eigenvalue weighted by molar-refractivity contribution is 0.412. The zero-order valence-electron chi connectivity index (χ0n) is 13.6. The molecule has 0 radical (unpaired) electrons. The Hall–Kier alpha value is -2.21. The van der Waals surface area contributed by atoms with Crippen LogP contribution in [0.25, 0.3) is 0 Å². The lowest BCUT2D eigenvalue weighted by atomic mass is 10.2. The van der Waals surface area contributed by atoms with Crippen molar-refractivity contribution < 1.29 is 9.47 Å². The Bertz CT molecular complexity index is 988. The third-order valence-electron chi connectivity index (χ3n) is 3.57. The third-order valence-corrected chi connectivity index (χ3v) is 4.43. The van der Waals surface area contributed by atoms with Crippen molar-refractivity contribution in [2.24, 2.45) is 0 Å². The number of methoxy groups -OCH3 is 1. The summed E-state index contributed by atoms with van der Waals surface area (Å²) in [6.07, 6.45) is 1.35. The second-order valence-corrected chi connectivity index (χ2v) is 6.55. The van der Waals surface area contributed by atoms with Crippen LogP contribution < -0.4 is 15.0 Å². The molecule has 0 N–H and O–H groups in total. The van der Waals surface area contributed by atoms with Gasteiger partial charge < -0.3 is 9.47 Å². The minimum atomic E-state index is -0.473. The van der Waals surface area contributed by atoms with E-state index in [1.165, 1.54) is 10.9 Å². The van der Waals surface area contributed by atoms with Crippen LogP contribution in [-0.2, 0) is 6.54 Å². The van der Waals surface area contributed by atoms with Gasteiger partial charge in [-0.1, -0.05) is 40.9 Å². The number of nitrogens with zero attached hydrogens (tertiary/aromatic N) is 2. The minimum absolute atomic E-state index is 0.0167. The molecule has 8 heteroatoms. The molecular formula is C18H13Cl3N2O3. The predicted octanol–water partition coefficient (Wildman–Crippen LogP) is 5.05. The van der Waals surface area contributed by atoms with Crippen LogP contribution in [0.1, 0.15) is 5.56 Å². The standard InChI is InChI=1S/C18H13Cl3N2O3/c1-25-13-4-6-14(7-5-13)26-17-16(21)9-22-23(18(17)24)10-11-2-3-12(19)8-15(11)20/h2-9H,10H2,1H3. The maximum atomic E-state index is 12.7. The maximum Gasteiger partial charge on any atom is 0.311 e. The summed E-state index contributed by atoms with van der Waals surface area (Å²) >= 11 is 18.2. The van der Waals surface area contributed by atoms with Crippen LogP contribution in [0, 0.1) is 0 Å². The molecule has 0 saturated carbocycles. The smallest absolute Gasteiger partial charge is 0.311 e. The SMILES string of the molecule is COc1ccc(Oc2c(Cl)cnn(Cc3ccc(Cl)cc3Cl)c2=O)cc1. The van der Waals surface area contributed by atoms with E-state index in [4.69, 9.17) is 44.3 Å². The van der Waals surface area contributed by atoms with Gasteiger partial charge in [0.15, 0.2) is 0 Å². The predicted molar refractivity (Wildman–Crippen MR) is 102 cm³/mol. The third kappa shape index (κ3) is 4.12. The van der Waals surface area contributed by atoms with Gasteiger partial charge in [0.1, 0.15) is 16.5 Å². The van der Waals surface area contributed by atoms with E-state index in [9.17, 15) is 4.79 Å².